The quantitative estimate of drug-likeness (QED) is 0.503. The molecule has 1 aliphatic rings. The van der Waals surface area contributed by atoms with Crippen LogP contribution in [0, 0.1) is 5.82 Å². The number of methoxy groups -OCH3 is 1. The van der Waals surface area contributed by atoms with Gasteiger partial charge in [0, 0.05) is 30.1 Å². The van der Waals surface area contributed by atoms with Crippen LogP contribution < -0.4 is 9.47 Å². The molecule has 0 aliphatic carbocycles. The molecule has 4 rings (SSSR count). The molecule has 0 N–H and O–H groups in total. The number of likely N-dealkylation sites (tertiary alicyclic amines) is 1. The Morgan fingerprint density at radius 3 is 2.78 bits per heavy atom. The molecule has 2 heterocycles. The summed E-state index contributed by atoms with van der Waals surface area (Å²) in [5.74, 6) is 1.31. The van der Waals surface area contributed by atoms with E-state index in [1.807, 2.05) is 19.9 Å². The number of hydrogen-bond acceptors (Lipinski definition) is 6. The number of rotatable bonds is 7. The maximum absolute atomic E-state index is 13.3. The molecule has 7 nitrogen and oxygen atoms in total. The molecule has 1 atom stereocenters. The summed E-state index contributed by atoms with van der Waals surface area (Å²) < 4.78 is 29.9. The zero-order chi connectivity index (χ0) is 22.8. The SMILES string of the molecule is COc1cc(-c2noc(C3CC(=O)N(Cc4ccc(F)cc4Cl)C3)n2)ccc1OC(C)C. The maximum atomic E-state index is 13.3. The highest BCUT2D eigenvalue weighted by molar-refractivity contribution is 6.31. The van der Waals surface area contributed by atoms with Gasteiger partial charge < -0.3 is 18.9 Å². The van der Waals surface area contributed by atoms with Gasteiger partial charge in [0.2, 0.25) is 17.6 Å². The second kappa shape index (κ2) is 9.16. The monoisotopic (exact) mass is 459 g/mol. The molecular weight excluding hydrogens is 437 g/mol. The standard InChI is InChI=1S/C23H23ClFN3O4/c1-13(2)31-19-7-5-14(8-20(19)30-3)22-26-23(32-27-22)16-9-21(29)28(12-16)11-15-4-6-17(25)10-18(15)24/h4-8,10,13,16H,9,11-12H2,1-3H3. The van der Waals surface area contributed by atoms with Crippen LogP contribution in [0.5, 0.6) is 11.5 Å². The lowest BCUT2D eigenvalue weighted by Gasteiger charge is -2.17. The number of ether oxygens (including phenoxy) is 2. The van der Waals surface area contributed by atoms with Crippen molar-refractivity contribution in [3.8, 4) is 22.9 Å². The van der Waals surface area contributed by atoms with Gasteiger partial charge in [-0.05, 0) is 49.7 Å². The van der Waals surface area contributed by atoms with Gasteiger partial charge in [-0.25, -0.2) is 4.39 Å². The van der Waals surface area contributed by atoms with E-state index in [0.717, 1.165) is 0 Å². The van der Waals surface area contributed by atoms with E-state index in [1.165, 1.54) is 12.1 Å². The Labute approximate surface area is 190 Å². The summed E-state index contributed by atoms with van der Waals surface area (Å²) >= 11 is 6.11. The van der Waals surface area contributed by atoms with E-state index >= 15 is 0 Å². The van der Waals surface area contributed by atoms with Crippen molar-refractivity contribution in [3.05, 3.63) is 58.7 Å². The fourth-order valence-corrected chi connectivity index (χ4v) is 3.85. The normalized spacial score (nSPS) is 16.1. The lowest BCUT2D eigenvalue weighted by molar-refractivity contribution is -0.128. The predicted octanol–water partition coefficient (Wildman–Crippen LogP) is 4.84. The van der Waals surface area contributed by atoms with E-state index in [4.69, 9.17) is 25.6 Å². The van der Waals surface area contributed by atoms with E-state index in [0.29, 0.717) is 52.5 Å². The molecule has 0 saturated carbocycles. The van der Waals surface area contributed by atoms with Gasteiger partial charge in [0.05, 0.1) is 19.1 Å². The number of amides is 1. The Morgan fingerprint density at radius 2 is 2.06 bits per heavy atom. The minimum atomic E-state index is -0.414. The van der Waals surface area contributed by atoms with Crippen LogP contribution in [0.4, 0.5) is 4.39 Å². The van der Waals surface area contributed by atoms with Gasteiger partial charge in [-0.15, -0.1) is 0 Å². The summed E-state index contributed by atoms with van der Waals surface area (Å²) in [5.41, 5.74) is 1.40. The minimum absolute atomic E-state index is 0.0131. The van der Waals surface area contributed by atoms with Gasteiger partial charge in [0.15, 0.2) is 11.5 Å². The highest BCUT2D eigenvalue weighted by Crippen LogP contribution is 2.34. The average molecular weight is 460 g/mol. The van der Waals surface area contributed by atoms with Crippen molar-refractivity contribution in [1.29, 1.82) is 0 Å². The van der Waals surface area contributed by atoms with E-state index in [2.05, 4.69) is 10.1 Å². The Bertz CT molecular complexity index is 1130. The third kappa shape index (κ3) is 4.70. The highest BCUT2D eigenvalue weighted by atomic mass is 35.5. The third-order valence-electron chi connectivity index (χ3n) is 5.17. The van der Waals surface area contributed by atoms with Crippen LogP contribution >= 0.6 is 11.6 Å². The molecule has 0 spiro atoms. The van der Waals surface area contributed by atoms with E-state index < -0.39 is 5.82 Å². The molecule has 9 heteroatoms. The highest BCUT2D eigenvalue weighted by Gasteiger charge is 2.34. The van der Waals surface area contributed by atoms with Crippen LogP contribution in [-0.2, 0) is 11.3 Å². The Morgan fingerprint density at radius 1 is 1.25 bits per heavy atom. The lowest BCUT2D eigenvalue weighted by atomic mass is 10.1. The van der Waals surface area contributed by atoms with Gasteiger partial charge >= 0.3 is 0 Å². The largest absolute Gasteiger partial charge is 0.493 e. The molecule has 1 aliphatic heterocycles. The summed E-state index contributed by atoms with van der Waals surface area (Å²) in [5, 5.41) is 4.37. The van der Waals surface area contributed by atoms with Gasteiger partial charge in [-0.3, -0.25) is 4.79 Å². The number of carbonyl (C=O) groups is 1. The first-order chi connectivity index (χ1) is 15.3. The van der Waals surface area contributed by atoms with Crippen LogP contribution in [0.25, 0.3) is 11.4 Å². The molecule has 2 aromatic carbocycles. The van der Waals surface area contributed by atoms with Crippen molar-refractivity contribution in [1.82, 2.24) is 15.0 Å². The second-order valence-electron chi connectivity index (χ2n) is 7.90. The molecule has 3 aromatic rings. The van der Waals surface area contributed by atoms with Crippen LogP contribution in [0.15, 0.2) is 40.9 Å². The summed E-state index contributed by atoms with van der Waals surface area (Å²) in [6, 6.07) is 9.58. The van der Waals surface area contributed by atoms with E-state index in [-0.39, 0.29) is 24.3 Å². The third-order valence-corrected chi connectivity index (χ3v) is 5.52. The summed E-state index contributed by atoms with van der Waals surface area (Å²) in [6.07, 6.45) is 0.268. The van der Waals surface area contributed by atoms with Crippen LogP contribution in [0.2, 0.25) is 5.02 Å². The number of nitrogens with zero attached hydrogens (tertiary/aromatic N) is 3. The average Bonchev–Trinajstić information content (AvgIpc) is 3.37. The molecule has 1 fully saturated rings. The van der Waals surface area contributed by atoms with Crippen molar-refractivity contribution in [2.24, 2.45) is 0 Å². The first-order valence-electron chi connectivity index (χ1n) is 10.2. The Kier molecular flexibility index (Phi) is 6.32. The number of hydrogen-bond donors (Lipinski definition) is 0. The topological polar surface area (TPSA) is 77.7 Å². The van der Waals surface area contributed by atoms with Crippen molar-refractivity contribution in [3.63, 3.8) is 0 Å². The van der Waals surface area contributed by atoms with Crippen molar-refractivity contribution < 1.29 is 23.2 Å². The number of benzene rings is 2. The molecule has 1 amide bonds. The fraction of sp³-hybridized carbons (Fsp3) is 0.348. The Hall–Kier alpha value is -3.13. The summed E-state index contributed by atoms with van der Waals surface area (Å²) in [7, 11) is 1.57. The van der Waals surface area contributed by atoms with Crippen molar-refractivity contribution in [2.75, 3.05) is 13.7 Å². The van der Waals surface area contributed by atoms with E-state index in [9.17, 15) is 9.18 Å². The summed E-state index contributed by atoms with van der Waals surface area (Å²) in [6.45, 7) is 4.59. The number of aromatic nitrogens is 2. The number of halogens is 2. The van der Waals surface area contributed by atoms with Gasteiger partial charge in [0.25, 0.3) is 0 Å². The molecule has 0 radical (unpaired) electrons. The molecule has 32 heavy (non-hydrogen) atoms. The second-order valence-corrected chi connectivity index (χ2v) is 8.31. The zero-order valence-corrected chi connectivity index (χ0v) is 18.7. The van der Waals surface area contributed by atoms with Crippen molar-refractivity contribution in [2.45, 2.75) is 38.8 Å². The summed E-state index contributed by atoms with van der Waals surface area (Å²) in [4.78, 5) is 18.7. The van der Waals surface area contributed by atoms with Crippen LogP contribution in [-0.4, -0.2) is 40.7 Å². The molecule has 0 bridgehead atoms. The van der Waals surface area contributed by atoms with Gasteiger partial charge in [-0.1, -0.05) is 22.8 Å². The lowest BCUT2D eigenvalue weighted by Crippen LogP contribution is -2.24. The molecule has 168 valence electrons. The maximum Gasteiger partial charge on any atom is 0.232 e. The smallest absolute Gasteiger partial charge is 0.232 e. The minimum Gasteiger partial charge on any atom is -0.493 e. The molecule has 1 saturated heterocycles. The van der Waals surface area contributed by atoms with Crippen LogP contribution in [0.1, 0.15) is 37.6 Å². The zero-order valence-electron chi connectivity index (χ0n) is 18.0. The molecule has 1 aromatic heterocycles. The first-order valence-corrected chi connectivity index (χ1v) is 10.6. The Balaban J connectivity index is 1.48. The van der Waals surface area contributed by atoms with Crippen molar-refractivity contribution >= 4 is 17.5 Å². The molecule has 1 unspecified atom stereocenters. The van der Waals surface area contributed by atoms with Crippen LogP contribution in [0.3, 0.4) is 0 Å². The number of carbonyl (C=O) groups excluding carboxylic acids is 1. The predicted molar refractivity (Wildman–Crippen MR) is 116 cm³/mol. The van der Waals surface area contributed by atoms with Gasteiger partial charge in [-0.2, -0.15) is 4.98 Å². The van der Waals surface area contributed by atoms with Gasteiger partial charge in [0.1, 0.15) is 5.82 Å². The molecular formula is C23H23ClFN3O4. The first kappa shape index (κ1) is 22.1. The fourth-order valence-electron chi connectivity index (χ4n) is 3.62. The van der Waals surface area contributed by atoms with E-state index in [1.54, 1.807) is 30.2 Å².